The second-order valence-corrected chi connectivity index (χ2v) is 5.41. The molecule has 1 saturated carbocycles. The quantitative estimate of drug-likeness (QED) is 0.580. The molecule has 0 aromatic carbocycles. The van der Waals surface area contributed by atoms with Crippen LogP contribution in [0.2, 0.25) is 0 Å². The van der Waals surface area contributed by atoms with Crippen molar-refractivity contribution in [3.8, 4) is 0 Å². The van der Waals surface area contributed by atoms with Gasteiger partial charge in [0.1, 0.15) is 0 Å². The van der Waals surface area contributed by atoms with E-state index in [-0.39, 0.29) is 0 Å². The van der Waals surface area contributed by atoms with Gasteiger partial charge in [0.2, 0.25) is 0 Å². The molecule has 0 aromatic rings. The van der Waals surface area contributed by atoms with Gasteiger partial charge in [-0.3, -0.25) is 4.90 Å². The first kappa shape index (κ1) is 8.55. The Balaban J connectivity index is 2.03. The Bertz CT molecular complexity index is 164. The molecule has 0 bridgehead atoms. The lowest BCUT2D eigenvalue weighted by Gasteiger charge is -2.37. The van der Waals surface area contributed by atoms with Gasteiger partial charge in [0.15, 0.2) is 0 Å². The van der Waals surface area contributed by atoms with Gasteiger partial charge in [-0.25, -0.2) is 0 Å². The van der Waals surface area contributed by atoms with Gasteiger partial charge in [0.05, 0.1) is 0 Å². The first-order chi connectivity index (χ1) is 5.59. The highest BCUT2D eigenvalue weighted by molar-refractivity contribution is 4.96. The molecule has 1 aliphatic heterocycles. The predicted octanol–water partition coefficient (Wildman–Crippen LogP) is 2.66. The van der Waals surface area contributed by atoms with Crippen LogP contribution >= 0.6 is 0 Å². The van der Waals surface area contributed by atoms with Crippen LogP contribution in [-0.4, -0.2) is 23.0 Å². The molecule has 1 heterocycles. The molecule has 0 spiro atoms. The Labute approximate surface area is 76.1 Å². The zero-order valence-corrected chi connectivity index (χ0v) is 8.64. The molecule has 1 aliphatic carbocycles. The Hall–Kier alpha value is -0.0400. The standard InChI is InChI=1S/C11H21N/c1-11(2,3)12-8-4-5-10(12)9-6-7-9/h9-10H,4-8H2,1-3H3. The lowest BCUT2D eigenvalue weighted by molar-refractivity contribution is 0.109. The summed E-state index contributed by atoms with van der Waals surface area (Å²) in [5.74, 6) is 1.06. The van der Waals surface area contributed by atoms with E-state index in [1.807, 2.05) is 0 Å². The minimum absolute atomic E-state index is 0.407. The van der Waals surface area contributed by atoms with Crippen molar-refractivity contribution >= 4 is 0 Å². The molecule has 12 heavy (non-hydrogen) atoms. The first-order valence-electron chi connectivity index (χ1n) is 5.36. The Kier molecular flexibility index (Phi) is 1.95. The zero-order valence-electron chi connectivity index (χ0n) is 8.64. The molecular formula is C11H21N. The molecule has 2 rings (SSSR count). The smallest absolute Gasteiger partial charge is 0.0129 e. The van der Waals surface area contributed by atoms with Gasteiger partial charge >= 0.3 is 0 Å². The van der Waals surface area contributed by atoms with E-state index in [4.69, 9.17) is 0 Å². The van der Waals surface area contributed by atoms with Crippen LogP contribution in [0.4, 0.5) is 0 Å². The maximum atomic E-state index is 2.73. The lowest BCUT2D eigenvalue weighted by Crippen LogP contribution is -2.45. The summed E-state index contributed by atoms with van der Waals surface area (Å²) in [5, 5.41) is 0. The van der Waals surface area contributed by atoms with Crippen LogP contribution in [0.5, 0.6) is 0 Å². The number of likely N-dealkylation sites (tertiary alicyclic amines) is 1. The highest BCUT2D eigenvalue weighted by atomic mass is 15.2. The maximum Gasteiger partial charge on any atom is 0.0129 e. The van der Waals surface area contributed by atoms with Crippen molar-refractivity contribution in [1.82, 2.24) is 4.90 Å². The minimum atomic E-state index is 0.407. The largest absolute Gasteiger partial charge is 0.295 e. The molecule has 0 aromatic heterocycles. The molecule has 70 valence electrons. The summed E-state index contributed by atoms with van der Waals surface area (Å²) in [5.41, 5.74) is 0.407. The molecule has 0 N–H and O–H groups in total. The van der Waals surface area contributed by atoms with Gasteiger partial charge in [0, 0.05) is 11.6 Å². The van der Waals surface area contributed by atoms with Gasteiger partial charge in [-0.1, -0.05) is 0 Å². The van der Waals surface area contributed by atoms with Gasteiger partial charge in [-0.15, -0.1) is 0 Å². The normalized spacial score (nSPS) is 32.8. The average Bonchev–Trinajstić information content (AvgIpc) is 2.65. The fraction of sp³-hybridized carbons (Fsp3) is 1.00. The molecule has 0 radical (unpaired) electrons. The van der Waals surface area contributed by atoms with Gasteiger partial charge in [-0.05, 0) is 58.9 Å². The Morgan fingerprint density at radius 1 is 1.08 bits per heavy atom. The molecule has 1 saturated heterocycles. The number of rotatable bonds is 1. The third-order valence-electron chi connectivity index (χ3n) is 3.33. The summed E-state index contributed by atoms with van der Waals surface area (Å²) in [4.78, 5) is 2.73. The summed E-state index contributed by atoms with van der Waals surface area (Å²) in [6, 6.07) is 0.935. The third-order valence-corrected chi connectivity index (χ3v) is 3.33. The average molecular weight is 167 g/mol. The van der Waals surface area contributed by atoms with Crippen LogP contribution in [0, 0.1) is 5.92 Å². The van der Waals surface area contributed by atoms with Crippen molar-refractivity contribution < 1.29 is 0 Å². The number of hydrogen-bond donors (Lipinski definition) is 0. The van der Waals surface area contributed by atoms with Crippen LogP contribution in [-0.2, 0) is 0 Å². The van der Waals surface area contributed by atoms with Crippen LogP contribution in [0.1, 0.15) is 46.5 Å². The lowest BCUT2D eigenvalue weighted by atomic mass is 10.0. The first-order valence-corrected chi connectivity index (χ1v) is 5.36. The summed E-state index contributed by atoms with van der Waals surface area (Å²) in [7, 11) is 0. The van der Waals surface area contributed by atoms with Crippen molar-refractivity contribution in [3.05, 3.63) is 0 Å². The van der Waals surface area contributed by atoms with E-state index in [0.29, 0.717) is 5.54 Å². The summed E-state index contributed by atoms with van der Waals surface area (Å²) < 4.78 is 0. The molecular weight excluding hydrogens is 146 g/mol. The Morgan fingerprint density at radius 3 is 2.25 bits per heavy atom. The molecule has 1 atom stereocenters. The van der Waals surface area contributed by atoms with E-state index < -0.39 is 0 Å². The maximum absolute atomic E-state index is 2.73. The van der Waals surface area contributed by atoms with Crippen LogP contribution in [0.25, 0.3) is 0 Å². The zero-order chi connectivity index (χ0) is 8.77. The van der Waals surface area contributed by atoms with Crippen molar-refractivity contribution in [1.29, 1.82) is 0 Å². The molecule has 1 heteroatoms. The highest BCUT2D eigenvalue weighted by Crippen LogP contribution is 2.42. The van der Waals surface area contributed by atoms with E-state index >= 15 is 0 Å². The second-order valence-electron chi connectivity index (χ2n) is 5.41. The van der Waals surface area contributed by atoms with Gasteiger partial charge in [-0.2, -0.15) is 0 Å². The van der Waals surface area contributed by atoms with E-state index in [9.17, 15) is 0 Å². The van der Waals surface area contributed by atoms with Crippen molar-refractivity contribution in [2.75, 3.05) is 6.54 Å². The number of nitrogens with zero attached hydrogens (tertiary/aromatic N) is 1. The topological polar surface area (TPSA) is 3.24 Å². The van der Waals surface area contributed by atoms with Crippen molar-refractivity contribution in [3.63, 3.8) is 0 Å². The minimum Gasteiger partial charge on any atom is -0.295 e. The number of hydrogen-bond acceptors (Lipinski definition) is 1. The monoisotopic (exact) mass is 167 g/mol. The summed E-state index contributed by atoms with van der Waals surface area (Å²) >= 11 is 0. The summed E-state index contributed by atoms with van der Waals surface area (Å²) in [6.07, 6.45) is 5.88. The van der Waals surface area contributed by atoms with E-state index in [2.05, 4.69) is 25.7 Å². The van der Waals surface area contributed by atoms with Gasteiger partial charge in [0.25, 0.3) is 0 Å². The van der Waals surface area contributed by atoms with Crippen LogP contribution < -0.4 is 0 Å². The van der Waals surface area contributed by atoms with E-state index in [0.717, 1.165) is 12.0 Å². The van der Waals surface area contributed by atoms with Crippen LogP contribution in [0.15, 0.2) is 0 Å². The summed E-state index contributed by atoms with van der Waals surface area (Å²) in [6.45, 7) is 8.40. The van der Waals surface area contributed by atoms with Crippen molar-refractivity contribution in [2.24, 2.45) is 5.92 Å². The van der Waals surface area contributed by atoms with Crippen molar-refractivity contribution in [2.45, 2.75) is 58.0 Å². The predicted molar refractivity (Wildman–Crippen MR) is 52.2 cm³/mol. The molecule has 2 aliphatic rings. The molecule has 1 nitrogen and oxygen atoms in total. The fourth-order valence-electron chi connectivity index (χ4n) is 2.60. The molecule has 1 unspecified atom stereocenters. The van der Waals surface area contributed by atoms with E-state index in [1.54, 1.807) is 0 Å². The molecule has 2 fully saturated rings. The third kappa shape index (κ3) is 1.52. The fourth-order valence-corrected chi connectivity index (χ4v) is 2.60. The van der Waals surface area contributed by atoms with Crippen LogP contribution in [0.3, 0.4) is 0 Å². The van der Waals surface area contributed by atoms with E-state index in [1.165, 1.54) is 32.2 Å². The van der Waals surface area contributed by atoms with Gasteiger partial charge < -0.3 is 0 Å². The Morgan fingerprint density at radius 2 is 1.75 bits per heavy atom. The SMILES string of the molecule is CC(C)(C)N1CCCC1C1CC1. The molecule has 0 amide bonds. The second kappa shape index (κ2) is 2.73. The highest BCUT2D eigenvalue weighted by Gasteiger charge is 2.41.